The number of carbonyl (C=O) groups excluding carboxylic acids is 1. The maximum absolute atomic E-state index is 12.6. The van der Waals surface area contributed by atoms with E-state index in [1.165, 1.54) is 33.6 Å². The molecule has 3 heterocycles. The summed E-state index contributed by atoms with van der Waals surface area (Å²) in [6.45, 7) is 0. The Morgan fingerprint density at radius 3 is 2.74 bits per heavy atom. The highest BCUT2D eigenvalue weighted by atomic mass is 32.2. The second-order valence-electron chi connectivity index (χ2n) is 6.78. The maximum Gasteiger partial charge on any atom is 0.258 e. The van der Waals surface area contributed by atoms with Crippen LogP contribution >= 0.6 is 23.1 Å². The Hall–Kier alpha value is -3.43. The molecule has 0 saturated carbocycles. The minimum atomic E-state index is -0.161. The SMILES string of the molecule is O=C(CSCc1cc(=O)n2ccsc2n1)Nc1nc2ccccc2n1-c1ccccc1. The number of nitrogens with zero attached hydrogens (tertiary/aromatic N) is 4. The number of para-hydroxylation sites is 3. The fraction of sp³-hybridized carbons (Fsp3) is 0.0909. The normalized spacial score (nSPS) is 11.2. The van der Waals surface area contributed by atoms with Gasteiger partial charge in [-0.3, -0.25) is 23.9 Å². The van der Waals surface area contributed by atoms with E-state index in [2.05, 4.69) is 15.3 Å². The fourth-order valence-corrected chi connectivity index (χ4v) is 4.77. The summed E-state index contributed by atoms with van der Waals surface area (Å²) in [4.78, 5) is 34.4. The van der Waals surface area contributed by atoms with E-state index < -0.39 is 0 Å². The van der Waals surface area contributed by atoms with Gasteiger partial charge in [0, 0.05) is 29.1 Å². The molecular formula is C22H17N5O2S2. The molecule has 154 valence electrons. The highest BCUT2D eigenvalue weighted by molar-refractivity contribution is 7.99. The third-order valence-corrected chi connectivity index (χ3v) is 6.39. The number of amides is 1. The predicted molar refractivity (Wildman–Crippen MR) is 125 cm³/mol. The van der Waals surface area contributed by atoms with Crippen LogP contribution in [0.3, 0.4) is 0 Å². The van der Waals surface area contributed by atoms with Crippen molar-refractivity contribution in [2.24, 2.45) is 0 Å². The van der Waals surface area contributed by atoms with E-state index in [-0.39, 0.29) is 17.2 Å². The second-order valence-corrected chi connectivity index (χ2v) is 8.64. The van der Waals surface area contributed by atoms with E-state index in [4.69, 9.17) is 0 Å². The van der Waals surface area contributed by atoms with E-state index in [1.54, 1.807) is 6.20 Å². The summed E-state index contributed by atoms with van der Waals surface area (Å²) < 4.78 is 3.45. The predicted octanol–water partition coefficient (Wildman–Crippen LogP) is 3.97. The number of thioether (sulfide) groups is 1. The van der Waals surface area contributed by atoms with Crippen molar-refractivity contribution in [1.29, 1.82) is 0 Å². The van der Waals surface area contributed by atoms with Gasteiger partial charge in [0.05, 0.1) is 22.5 Å². The first-order valence-electron chi connectivity index (χ1n) is 9.55. The van der Waals surface area contributed by atoms with Gasteiger partial charge in [0.2, 0.25) is 11.9 Å². The lowest BCUT2D eigenvalue weighted by Gasteiger charge is -2.10. The number of thiazole rings is 1. The molecule has 2 aromatic carbocycles. The van der Waals surface area contributed by atoms with Crippen LogP contribution in [0, 0.1) is 0 Å². The smallest absolute Gasteiger partial charge is 0.258 e. The van der Waals surface area contributed by atoms with Crippen molar-refractivity contribution in [3.63, 3.8) is 0 Å². The first kappa shape index (κ1) is 19.5. The van der Waals surface area contributed by atoms with Crippen molar-refractivity contribution in [2.45, 2.75) is 5.75 Å². The van der Waals surface area contributed by atoms with Gasteiger partial charge in [-0.05, 0) is 24.3 Å². The molecule has 0 aliphatic rings. The minimum absolute atomic E-state index is 0.108. The Balaban J connectivity index is 1.32. The molecule has 5 aromatic rings. The van der Waals surface area contributed by atoms with Gasteiger partial charge < -0.3 is 0 Å². The van der Waals surface area contributed by atoms with Crippen LogP contribution in [0.25, 0.3) is 21.7 Å². The molecule has 31 heavy (non-hydrogen) atoms. The van der Waals surface area contributed by atoms with E-state index >= 15 is 0 Å². The van der Waals surface area contributed by atoms with Gasteiger partial charge >= 0.3 is 0 Å². The molecule has 0 fully saturated rings. The van der Waals surface area contributed by atoms with E-state index in [9.17, 15) is 9.59 Å². The molecule has 7 nitrogen and oxygen atoms in total. The molecule has 0 atom stereocenters. The molecule has 1 N–H and O–H groups in total. The van der Waals surface area contributed by atoms with Crippen LogP contribution < -0.4 is 10.9 Å². The molecule has 5 rings (SSSR count). The van der Waals surface area contributed by atoms with Gasteiger partial charge in [0.25, 0.3) is 5.56 Å². The first-order valence-corrected chi connectivity index (χ1v) is 11.6. The Kier molecular flexibility index (Phi) is 5.27. The fourth-order valence-electron chi connectivity index (χ4n) is 3.32. The van der Waals surface area contributed by atoms with Gasteiger partial charge in [-0.15, -0.1) is 23.1 Å². The molecule has 3 aromatic heterocycles. The summed E-state index contributed by atoms with van der Waals surface area (Å²) in [5, 5.41) is 4.76. The Morgan fingerprint density at radius 1 is 1.06 bits per heavy atom. The summed E-state index contributed by atoms with van der Waals surface area (Å²) in [5.41, 5.74) is 3.21. The van der Waals surface area contributed by atoms with Crippen LogP contribution in [0.4, 0.5) is 5.95 Å². The van der Waals surface area contributed by atoms with Crippen LogP contribution in [0.2, 0.25) is 0 Å². The van der Waals surface area contributed by atoms with E-state index in [1.807, 2.05) is 64.5 Å². The van der Waals surface area contributed by atoms with Gasteiger partial charge in [-0.25, -0.2) is 9.97 Å². The van der Waals surface area contributed by atoms with Crippen molar-refractivity contribution in [3.05, 3.63) is 88.3 Å². The summed E-state index contributed by atoms with van der Waals surface area (Å²) in [5.74, 6) is 1.02. The monoisotopic (exact) mass is 447 g/mol. The molecule has 0 saturated heterocycles. The number of fused-ring (bicyclic) bond motifs is 2. The number of hydrogen-bond donors (Lipinski definition) is 1. The Labute approximate surface area is 185 Å². The van der Waals surface area contributed by atoms with E-state index in [0.29, 0.717) is 22.4 Å². The Bertz CT molecular complexity index is 1440. The topological polar surface area (TPSA) is 81.3 Å². The molecule has 0 spiro atoms. The number of anilines is 1. The molecule has 1 amide bonds. The number of rotatable bonds is 6. The first-order chi connectivity index (χ1) is 15.2. The van der Waals surface area contributed by atoms with Crippen molar-refractivity contribution in [1.82, 2.24) is 18.9 Å². The molecule has 0 unspecified atom stereocenters. The van der Waals surface area contributed by atoms with Crippen LogP contribution in [-0.4, -0.2) is 30.6 Å². The lowest BCUT2D eigenvalue weighted by molar-refractivity contribution is -0.113. The number of benzene rings is 2. The van der Waals surface area contributed by atoms with Crippen molar-refractivity contribution in [3.8, 4) is 5.69 Å². The molecule has 0 bridgehead atoms. The molecule has 0 aliphatic carbocycles. The van der Waals surface area contributed by atoms with Crippen LogP contribution in [-0.2, 0) is 10.5 Å². The van der Waals surface area contributed by atoms with E-state index in [0.717, 1.165) is 16.7 Å². The van der Waals surface area contributed by atoms with Gasteiger partial charge in [-0.1, -0.05) is 30.3 Å². The largest absolute Gasteiger partial charge is 0.295 e. The highest BCUT2D eigenvalue weighted by Gasteiger charge is 2.15. The van der Waals surface area contributed by atoms with Crippen molar-refractivity contribution < 1.29 is 4.79 Å². The molecule has 9 heteroatoms. The lowest BCUT2D eigenvalue weighted by atomic mass is 10.3. The average Bonchev–Trinajstić information content (AvgIpc) is 3.39. The quantitative estimate of drug-likeness (QED) is 0.426. The minimum Gasteiger partial charge on any atom is -0.295 e. The third-order valence-electron chi connectivity index (χ3n) is 4.67. The zero-order valence-electron chi connectivity index (χ0n) is 16.3. The molecule has 0 radical (unpaired) electrons. The number of imidazole rings is 1. The van der Waals surface area contributed by atoms with Crippen molar-refractivity contribution >= 4 is 50.9 Å². The average molecular weight is 448 g/mol. The lowest BCUT2D eigenvalue weighted by Crippen LogP contribution is -2.18. The zero-order valence-corrected chi connectivity index (χ0v) is 17.9. The van der Waals surface area contributed by atoms with Crippen LogP contribution in [0.1, 0.15) is 5.69 Å². The highest BCUT2D eigenvalue weighted by Crippen LogP contribution is 2.24. The summed E-state index contributed by atoms with van der Waals surface area (Å²) in [7, 11) is 0. The van der Waals surface area contributed by atoms with Gasteiger partial charge in [-0.2, -0.15) is 0 Å². The number of hydrogen-bond acceptors (Lipinski definition) is 6. The van der Waals surface area contributed by atoms with Crippen LogP contribution in [0.5, 0.6) is 0 Å². The standard InChI is InChI=1S/C22H17N5O2S2/c28-19(14-30-13-15-12-20(29)26-10-11-31-22(26)23-15)25-21-24-17-8-4-5-9-18(17)27(21)16-6-2-1-3-7-16/h1-12H,13-14H2,(H,24,25,28). The third kappa shape index (κ3) is 3.97. The van der Waals surface area contributed by atoms with Crippen LogP contribution in [0.15, 0.2) is 77.0 Å². The number of aromatic nitrogens is 4. The summed E-state index contributed by atoms with van der Waals surface area (Å²) >= 11 is 2.82. The summed E-state index contributed by atoms with van der Waals surface area (Å²) in [6.07, 6.45) is 1.71. The Morgan fingerprint density at radius 2 is 1.87 bits per heavy atom. The van der Waals surface area contributed by atoms with Gasteiger partial charge in [0.15, 0.2) is 4.96 Å². The second kappa shape index (κ2) is 8.37. The number of carbonyl (C=O) groups is 1. The summed E-state index contributed by atoms with van der Waals surface area (Å²) in [6, 6.07) is 19.1. The number of nitrogens with one attached hydrogen (secondary N) is 1. The molecule has 0 aliphatic heterocycles. The van der Waals surface area contributed by atoms with Crippen molar-refractivity contribution in [2.75, 3.05) is 11.1 Å². The molecular weight excluding hydrogens is 430 g/mol. The maximum atomic E-state index is 12.6. The van der Waals surface area contributed by atoms with Gasteiger partial charge in [0.1, 0.15) is 0 Å². The zero-order chi connectivity index (χ0) is 21.2.